The van der Waals surface area contributed by atoms with E-state index in [0.717, 1.165) is 26.4 Å². The molecule has 224 valence electrons. The molecule has 0 aromatic rings. The van der Waals surface area contributed by atoms with Crippen LogP contribution in [0.5, 0.6) is 0 Å². The van der Waals surface area contributed by atoms with E-state index in [1.807, 2.05) is 0 Å². The molecule has 0 amide bonds. The van der Waals surface area contributed by atoms with E-state index in [0.29, 0.717) is 0 Å². The van der Waals surface area contributed by atoms with Crippen LogP contribution in [0.1, 0.15) is 200 Å². The summed E-state index contributed by atoms with van der Waals surface area (Å²) in [5, 5.41) is 0. The molecule has 0 fully saturated rings. The molecule has 0 aliphatic rings. The SMILES string of the molecule is CCCCCCCCCCCCCCCOCCCCCOCCCCCCCCCCCCCCC. The lowest BCUT2D eigenvalue weighted by Crippen LogP contribution is -2.00. The highest BCUT2D eigenvalue weighted by molar-refractivity contribution is 4.51. The highest BCUT2D eigenvalue weighted by Gasteiger charge is 1.97. The number of hydrogen-bond acceptors (Lipinski definition) is 2. The minimum Gasteiger partial charge on any atom is -0.381 e. The first kappa shape index (κ1) is 36.9. The van der Waals surface area contributed by atoms with Crippen LogP contribution >= 0.6 is 0 Å². The van der Waals surface area contributed by atoms with E-state index in [1.165, 1.54) is 186 Å². The monoisotopic (exact) mass is 525 g/mol. The van der Waals surface area contributed by atoms with Gasteiger partial charge in [0.2, 0.25) is 0 Å². The van der Waals surface area contributed by atoms with Crippen molar-refractivity contribution in [1.82, 2.24) is 0 Å². The van der Waals surface area contributed by atoms with Crippen LogP contribution in [0.25, 0.3) is 0 Å². The first-order chi connectivity index (χ1) is 18.4. The Hall–Kier alpha value is -0.0800. The van der Waals surface area contributed by atoms with Gasteiger partial charge in [-0.05, 0) is 32.1 Å². The Labute approximate surface area is 235 Å². The molecule has 0 heterocycles. The van der Waals surface area contributed by atoms with Gasteiger partial charge >= 0.3 is 0 Å². The average molecular weight is 525 g/mol. The second-order valence-corrected chi connectivity index (χ2v) is 11.8. The predicted molar refractivity (Wildman–Crippen MR) is 167 cm³/mol. The lowest BCUT2D eigenvalue weighted by molar-refractivity contribution is 0.111. The summed E-state index contributed by atoms with van der Waals surface area (Å²) < 4.78 is 11.7. The molecule has 2 nitrogen and oxygen atoms in total. The summed E-state index contributed by atoms with van der Waals surface area (Å²) in [7, 11) is 0. The van der Waals surface area contributed by atoms with Crippen molar-refractivity contribution in [2.24, 2.45) is 0 Å². The fourth-order valence-electron chi connectivity index (χ4n) is 5.23. The smallest absolute Gasteiger partial charge is 0.0466 e. The largest absolute Gasteiger partial charge is 0.381 e. The van der Waals surface area contributed by atoms with Crippen molar-refractivity contribution < 1.29 is 9.47 Å². The molecule has 0 aromatic heterocycles. The first-order valence-corrected chi connectivity index (χ1v) is 17.6. The van der Waals surface area contributed by atoms with Gasteiger partial charge < -0.3 is 9.47 Å². The highest BCUT2D eigenvalue weighted by atomic mass is 16.5. The van der Waals surface area contributed by atoms with Crippen LogP contribution in [0, 0.1) is 0 Å². The van der Waals surface area contributed by atoms with Gasteiger partial charge in [0.05, 0.1) is 0 Å². The zero-order valence-corrected chi connectivity index (χ0v) is 26.2. The summed E-state index contributed by atoms with van der Waals surface area (Å²) >= 11 is 0. The standard InChI is InChI=1S/C35H72O2/c1-3-5-7-9-11-13-15-17-19-21-23-25-28-32-36-34-30-27-31-35-37-33-29-26-24-22-20-18-16-14-12-10-8-6-4-2/h3-35H2,1-2H3. The molecule has 37 heavy (non-hydrogen) atoms. The molecule has 0 aliphatic heterocycles. The van der Waals surface area contributed by atoms with Gasteiger partial charge in [-0.2, -0.15) is 0 Å². The molecule has 0 rings (SSSR count). The second-order valence-electron chi connectivity index (χ2n) is 11.8. The van der Waals surface area contributed by atoms with E-state index in [-0.39, 0.29) is 0 Å². The molecule has 0 aromatic carbocycles. The fourth-order valence-corrected chi connectivity index (χ4v) is 5.23. The van der Waals surface area contributed by atoms with Crippen LogP contribution < -0.4 is 0 Å². The van der Waals surface area contributed by atoms with Crippen molar-refractivity contribution >= 4 is 0 Å². The van der Waals surface area contributed by atoms with Gasteiger partial charge in [-0.15, -0.1) is 0 Å². The Morgan fingerprint density at radius 3 is 0.595 bits per heavy atom. The van der Waals surface area contributed by atoms with Gasteiger partial charge in [0.1, 0.15) is 0 Å². The molecule has 0 spiro atoms. The molecular formula is C35H72O2. The minimum absolute atomic E-state index is 0.942. The van der Waals surface area contributed by atoms with Crippen molar-refractivity contribution in [3.05, 3.63) is 0 Å². The summed E-state index contributed by atoms with van der Waals surface area (Å²) in [6.45, 7) is 8.41. The van der Waals surface area contributed by atoms with Gasteiger partial charge in [0.15, 0.2) is 0 Å². The number of ether oxygens (including phenoxy) is 2. The van der Waals surface area contributed by atoms with E-state index in [1.54, 1.807) is 0 Å². The Bertz CT molecular complexity index is 336. The molecule has 0 radical (unpaired) electrons. The van der Waals surface area contributed by atoms with Gasteiger partial charge in [0, 0.05) is 26.4 Å². The third kappa shape index (κ3) is 35.9. The maximum Gasteiger partial charge on any atom is 0.0466 e. The van der Waals surface area contributed by atoms with E-state index < -0.39 is 0 Å². The molecule has 0 bridgehead atoms. The Balaban J connectivity index is 3.00. The Morgan fingerprint density at radius 1 is 0.216 bits per heavy atom. The van der Waals surface area contributed by atoms with Crippen LogP contribution in [-0.4, -0.2) is 26.4 Å². The van der Waals surface area contributed by atoms with E-state index in [9.17, 15) is 0 Å². The number of unbranched alkanes of at least 4 members (excludes halogenated alkanes) is 26. The lowest BCUT2D eigenvalue weighted by atomic mass is 10.0. The van der Waals surface area contributed by atoms with E-state index in [2.05, 4.69) is 13.8 Å². The molecule has 2 heteroatoms. The Morgan fingerprint density at radius 2 is 0.378 bits per heavy atom. The quantitative estimate of drug-likeness (QED) is 0.0779. The third-order valence-corrected chi connectivity index (χ3v) is 7.86. The molecule has 0 atom stereocenters. The minimum atomic E-state index is 0.942. The number of rotatable bonds is 34. The van der Waals surface area contributed by atoms with Crippen LogP contribution in [0.2, 0.25) is 0 Å². The van der Waals surface area contributed by atoms with Crippen LogP contribution in [0.3, 0.4) is 0 Å². The van der Waals surface area contributed by atoms with Crippen LogP contribution in [0.15, 0.2) is 0 Å². The average Bonchev–Trinajstić information content (AvgIpc) is 2.91. The van der Waals surface area contributed by atoms with Crippen molar-refractivity contribution in [3.63, 3.8) is 0 Å². The van der Waals surface area contributed by atoms with Crippen molar-refractivity contribution in [2.45, 2.75) is 200 Å². The maximum absolute atomic E-state index is 5.83. The third-order valence-electron chi connectivity index (χ3n) is 7.86. The Kier molecular flexibility index (Phi) is 35.8. The molecule has 0 saturated carbocycles. The highest BCUT2D eigenvalue weighted by Crippen LogP contribution is 2.14. The molecule has 0 aliphatic carbocycles. The topological polar surface area (TPSA) is 18.5 Å². The molecule has 0 saturated heterocycles. The second kappa shape index (κ2) is 35.9. The lowest BCUT2D eigenvalue weighted by Gasteiger charge is -2.06. The summed E-state index contributed by atoms with van der Waals surface area (Å²) in [4.78, 5) is 0. The van der Waals surface area contributed by atoms with Gasteiger partial charge in [-0.3, -0.25) is 0 Å². The zero-order valence-electron chi connectivity index (χ0n) is 26.2. The van der Waals surface area contributed by atoms with Crippen molar-refractivity contribution in [2.75, 3.05) is 26.4 Å². The van der Waals surface area contributed by atoms with E-state index >= 15 is 0 Å². The van der Waals surface area contributed by atoms with Gasteiger partial charge in [-0.1, -0.05) is 168 Å². The van der Waals surface area contributed by atoms with Crippen LogP contribution in [0.4, 0.5) is 0 Å². The predicted octanol–water partition coefficient (Wildman–Crippen LogP) is 12.4. The molecule has 0 N–H and O–H groups in total. The zero-order chi connectivity index (χ0) is 26.7. The maximum atomic E-state index is 5.83. The first-order valence-electron chi connectivity index (χ1n) is 17.6. The fraction of sp³-hybridized carbons (Fsp3) is 1.00. The van der Waals surface area contributed by atoms with Gasteiger partial charge in [-0.25, -0.2) is 0 Å². The summed E-state index contributed by atoms with van der Waals surface area (Å²) in [5.74, 6) is 0. The molecular weight excluding hydrogens is 452 g/mol. The van der Waals surface area contributed by atoms with Crippen LogP contribution in [-0.2, 0) is 9.47 Å². The normalized spacial score (nSPS) is 11.5. The molecule has 0 unspecified atom stereocenters. The summed E-state index contributed by atoms with van der Waals surface area (Å²) in [5.41, 5.74) is 0. The van der Waals surface area contributed by atoms with Gasteiger partial charge in [0.25, 0.3) is 0 Å². The number of hydrogen-bond donors (Lipinski definition) is 0. The van der Waals surface area contributed by atoms with E-state index in [4.69, 9.17) is 9.47 Å². The van der Waals surface area contributed by atoms with Crippen molar-refractivity contribution in [3.8, 4) is 0 Å². The van der Waals surface area contributed by atoms with Crippen molar-refractivity contribution in [1.29, 1.82) is 0 Å². The summed E-state index contributed by atoms with van der Waals surface area (Å²) in [6.07, 6.45) is 40.4. The summed E-state index contributed by atoms with van der Waals surface area (Å²) in [6, 6.07) is 0.